The Labute approximate surface area is 168 Å². The molecule has 2 aromatic rings. The minimum Gasteiger partial charge on any atom is -0.489 e. The minimum atomic E-state index is -3.68. The van der Waals surface area contributed by atoms with Crippen LogP contribution in [0.25, 0.3) is 6.08 Å². The van der Waals surface area contributed by atoms with Crippen LogP contribution in [0, 0.1) is 0 Å². The van der Waals surface area contributed by atoms with Crippen LogP contribution in [0.15, 0.2) is 54.6 Å². The van der Waals surface area contributed by atoms with Crippen molar-refractivity contribution in [1.29, 1.82) is 0 Å². The molecule has 1 fully saturated rings. The van der Waals surface area contributed by atoms with E-state index < -0.39 is 28.1 Å². The summed E-state index contributed by atoms with van der Waals surface area (Å²) >= 11 is 0. The van der Waals surface area contributed by atoms with Gasteiger partial charge in [-0.05, 0) is 11.6 Å². The fraction of sp³-hybridized carbons (Fsp3) is 0.286. The molecule has 0 spiro atoms. The Morgan fingerprint density at radius 3 is 2.66 bits per heavy atom. The second-order valence-electron chi connectivity index (χ2n) is 7.31. The van der Waals surface area contributed by atoms with Gasteiger partial charge in [-0.3, -0.25) is 0 Å². The van der Waals surface area contributed by atoms with E-state index in [4.69, 9.17) is 9.84 Å². The van der Waals surface area contributed by atoms with Crippen LogP contribution in [-0.4, -0.2) is 42.8 Å². The molecule has 152 valence electrons. The number of fused-ring (bicyclic) bond motifs is 3. The Balaban J connectivity index is 1.60. The second kappa shape index (κ2) is 7.62. The number of aliphatic carboxylic acids is 1. The van der Waals surface area contributed by atoms with E-state index in [0.29, 0.717) is 23.3 Å². The number of sulfonamides is 1. The first-order valence-corrected chi connectivity index (χ1v) is 10.9. The van der Waals surface area contributed by atoms with Crippen molar-refractivity contribution >= 4 is 22.1 Å². The lowest BCUT2D eigenvalue weighted by Gasteiger charge is -2.22. The molecule has 7 nitrogen and oxygen atoms in total. The third kappa shape index (κ3) is 4.05. The Morgan fingerprint density at radius 1 is 1.17 bits per heavy atom. The van der Waals surface area contributed by atoms with Gasteiger partial charge < -0.3 is 14.9 Å². The molecule has 1 saturated carbocycles. The van der Waals surface area contributed by atoms with Crippen LogP contribution in [0.2, 0.25) is 0 Å². The van der Waals surface area contributed by atoms with Crippen molar-refractivity contribution in [3.8, 4) is 5.75 Å². The Hall–Kier alpha value is -2.68. The van der Waals surface area contributed by atoms with Crippen molar-refractivity contribution < 1.29 is 28.2 Å². The third-order valence-corrected chi connectivity index (χ3v) is 6.65. The predicted octanol–water partition coefficient (Wildman–Crippen LogP) is 1.88. The molecule has 8 heteroatoms. The molecule has 3 N–H and O–H groups in total. The second-order valence-corrected chi connectivity index (χ2v) is 9.06. The van der Waals surface area contributed by atoms with Gasteiger partial charge >= 0.3 is 5.97 Å². The predicted molar refractivity (Wildman–Crippen MR) is 107 cm³/mol. The number of aliphatic hydroxyl groups excluding tert-OH is 1. The Bertz CT molecular complexity index is 1050. The molecule has 0 amide bonds. The molecule has 1 aliphatic heterocycles. The Morgan fingerprint density at radius 2 is 1.93 bits per heavy atom. The third-order valence-electron chi connectivity index (χ3n) is 5.30. The van der Waals surface area contributed by atoms with E-state index in [9.17, 15) is 18.3 Å². The van der Waals surface area contributed by atoms with Crippen LogP contribution in [0.4, 0.5) is 0 Å². The summed E-state index contributed by atoms with van der Waals surface area (Å²) in [4.78, 5) is 10.8. The van der Waals surface area contributed by atoms with E-state index in [1.165, 1.54) is 6.08 Å². The molecule has 2 aliphatic rings. The van der Waals surface area contributed by atoms with Gasteiger partial charge in [0.25, 0.3) is 0 Å². The number of benzene rings is 2. The maximum atomic E-state index is 12.7. The molecule has 1 heterocycles. The molecule has 4 unspecified atom stereocenters. The summed E-state index contributed by atoms with van der Waals surface area (Å²) in [7, 11) is -3.68. The number of aliphatic hydroxyl groups is 1. The standard InChI is InChI=1S/C21H21NO6S/c23-16-11-17-19(15-8-4-7-14(21(15)28-17)9-10-18(24)25)20(16)22-29(26,27)12-13-5-2-1-3-6-13/h1-10,16-17,19-20,22-23H,11-12H2,(H,24,25). The summed E-state index contributed by atoms with van der Waals surface area (Å²) in [6.45, 7) is 0. The highest BCUT2D eigenvalue weighted by atomic mass is 32.2. The van der Waals surface area contributed by atoms with Crippen molar-refractivity contribution in [2.75, 3.05) is 0 Å². The number of ether oxygens (including phenoxy) is 1. The van der Waals surface area contributed by atoms with Gasteiger partial charge in [0.05, 0.1) is 17.9 Å². The van der Waals surface area contributed by atoms with E-state index in [0.717, 1.165) is 11.6 Å². The van der Waals surface area contributed by atoms with Crippen molar-refractivity contribution in [2.24, 2.45) is 0 Å². The first-order valence-electron chi connectivity index (χ1n) is 9.26. The van der Waals surface area contributed by atoms with Crippen LogP contribution < -0.4 is 9.46 Å². The summed E-state index contributed by atoms with van der Waals surface area (Å²) < 4.78 is 34.1. The lowest BCUT2D eigenvalue weighted by atomic mass is 9.93. The molecule has 0 radical (unpaired) electrons. The zero-order valence-corrected chi connectivity index (χ0v) is 16.2. The smallest absolute Gasteiger partial charge is 0.328 e. The number of hydrogen-bond acceptors (Lipinski definition) is 5. The van der Waals surface area contributed by atoms with Crippen LogP contribution in [0.1, 0.15) is 29.0 Å². The number of carbonyl (C=O) groups is 1. The Kier molecular flexibility index (Phi) is 5.16. The van der Waals surface area contributed by atoms with Gasteiger partial charge in [-0.1, -0.05) is 48.5 Å². The SMILES string of the molecule is O=C(O)C=Cc1cccc2c1OC1CC(O)C(NS(=O)(=O)Cc3ccccc3)C21. The monoisotopic (exact) mass is 415 g/mol. The van der Waals surface area contributed by atoms with E-state index in [1.54, 1.807) is 36.4 Å². The molecule has 0 bridgehead atoms. The molecule has 0 aromatic heterocycles. The summed E-state index contributed by atoms with van der Waals surface area (Å²) in [5.74, 6) is -1.05. The highest BCUT2D eigenvalue weighted by molar-refractivity contribution is 7.88. The summed E-state index contributed by atoms with van der Waals surface area (Å²) in [6.07, 6.45) is 1.53. The van der Waals surface area contributed by atoms with Crippen LogP contribution in [0.5, 0.6) is 5.75 Å². The number of hydrogen-bond donors (Lipinski definition) is 3. The van der Waals surface area contributed by atoms with Gasteiger partial charge in [-0.25, -0.2) is 17.9 Å². The van der Waals surface area contributed by atoms with Crippen molar-refractivity contribution in [2.45, 2.75) is 36.3 Å². The summed E-state index contributed by atoms with van der Waals surface area (Å²) in [5.41, 5.74) is 2.04. The number of carboxylic acid groups (broad SMARTS) is 1. The number of carboxylic acids is 1. The molecule has 1 aliphatic carbocycles. The van der Waals surface area contributed by atoms with Crippen molar-refractivity contribution in [3.05, 3.63) is 71.3 Å². The van der Waals surface area contributed by atoms with Gasteiger partial charge in [-0.15, -0.1) is 0 Å². The van der Waals surface area contributed by atoms with E-state index >= 15 is 0 Å². The normalized spacial score (nSPS) is 25.6. The fourth-order valence-electron chi connectivity index (χ4n) is 4.13. The number of para-hydroxylation sites is 1. The molecular weight excluding hydrogens is 394 g/mol. The molecule has 0 saturated heterocycles. The number of rotatable bonds is 6. The van der Waals surface area contributed by atoms with E-state index in [1.807, 2.05) is 12.1 Å². The van der Waals surface area contributed by atoms with Gasteiger partial charge in [0.1, 0.15) is 11.9 Å². The summed E-state index contributed by atoms with van der Waals surface area (Å²) in [6, 6.07) is 13.5. The van der Waals surface area contributed by atoms with Crippen molar-refractivity contribution in [1.82, 2.24) is 4.72 Å². The highest BCUT2D eigenvalue weighted by Crippen LogP contribution is 2.49. The van der Waals surface area contributed by atoms with Crippen LogP contribution in [-0.2, 0) is 20.6 Å². The van der Waals surface area contributed by atoms with Gasteiger partial charge in [-0.2, -0.15) is 0 Å². The quantitative estimate of drug-likeness (QED) is 0.621. The van der Waals surface area contributed by atoms with Crippen LogP contribution >= 0.6 is 0 Å². The van der Waals surface area contributed by atoms with Crippen LogP contribution in [0.3, 0.4) is 0 Å². The maximum absolute atomic E-state index is 12.7. The minimum absolute atomic E-state index is 0.177. The summed E-state index contributed by atoms with van der Waals surface area (Å²) in [5, 5.41) is 19.4. The van der Waals surface area contributed by atoms with Crippen molar-refractivity contribution in [3.63, 3.8) is 0 Å². The van der Waals surface area contributed by atoms with Gasteiger partial charge in [0, 0.05) is 29.5 Å². The molecular formula is C21H21NO6S. The molecule has 29 heavy (non-hydrogen) atoms. The first kappa shape index (κ1) is 19.6. The zero-order valence-electron chi connectivity index (χ0n) is 15.4. The zero-order chi connectivity index (χ0) is 20.6. The average molecular weight is 415 g/mol. The van der Waals surface area contributed by atoms with Gasteiger partial charge in [0.2, 0.25) is 10.0 Å². The number of nitrogens with one attached hydrogen (secondary N) is 1. The lowest BCUT2D eigenvalue weighted by molar-refractivity contribution is -0.131. The molecule has 4 rings (SSSR count). The lowest BCUT2D eigenvalue weighted by Crippen LogP contribution is -2.43. The maximum Gasteiger partial charge on any atom is 0.328 e. The molecule has 2 aromatic carbocycles. The van der Waals surface area contributed by atoms with Gasteiger partial charge in [0.15, 0.2) is 0 Å². The van der Waals surface area contributed by atoms with E-state index in [2.05, 4.69) is 4.72 Å². The molecule has 4 atom stereocenters. The highest BCUT2D eigenvalue weighted by Gasteiger charge is 2.51. The average Bonchev–Trinajstić information content (AvgIpc) is 3.16. The largest absolute Gasteiger partial charge is 0.489 e. The fourth-order valence-corrected chi connectivity index (χ4v) is 5.56. The topological polar surface area (TPSA) is 113 Å². The van der Waals surface area contributed by atoms with E-state index in [-0.39, 0.29) is 17.8 Å². The first-order chi connectivity index (χ1) is 13.8.